The number of hydrogen-bond donors (Lipinski definition) is 1. The summed E-state index contributed by atoms with van der Waals surface area (Å²) in [4.78, 5) is 14.3. The number of anilines is 1. The molecule has 0 aromatic carbocycles. The predicted molar refractivity (Wildman–Crippen MR) is 69.5 cm³/mol. The van der Waals surface area contributed by atoms with Crippen molar-refractivity contribution in [3.8, 4) is 5.88 Å². The average Bonchev–Trinajstić information content (AvgIpc) is 2.34. The third kappa shape index (κ3) is 3.66. The largest absolute Gasteiger partial charge is 0.481 e. The Morgan fingerprint density at radius 3 is 2.78 bits per heavy atom. The molecule has 0 spiro atoms. The quantitative estimate of drug-likeness (QED) is 0.617. The summed E-state index contributed by atoms with van der Waals surface area (Å²) in [5.74, 6) is 0.407. The normalized spacial score (nSPS) is 13.7. The molecule has 0 radical (unpaired) electrons. The summed E-state index contributed by atoms with van der Waals surface area (Å²) in [5.41, 5.74) is -0.134. The summed E-state index contributed by atoms with van der Waals surface area (Å²) in [6.07, 6.45) is 1.58. The van der Waals surface area contributed by atoms with Crippen LogP contribution in [-0.2, 0) is 10.8 Å². The molecule has 0 aliphatic carbocycles. The van der Waals surface area contributed by atoms with Crippen molar-refractivity contribution in [2.75, 3.05) is 25.2 Å². The smallest absolute Gasteiger partial charge is 0.311 e. The Labute approximate surface area is 107 Å². The molecule has 0 aliphatic rings. The number of nitro groups is 1. The molecule has 0 saturated carbocycles. The third-order valence-electron chi connectivity index (χ3n) is 2.38. The van der Waals surface area contributed by atoms with E-state index < -0.39 is 15.7 Å². The summed E-state index contributed by atoms with van der Waals surface area (Å²) in [5, 5.41) is 13.5. The number of nitrogens with one attached hydrogen (secondary N) is 1. The number of nitrogens with zero attached hydrogens (tertiary/aromatic N) is 2. The molecule has 0 fully saturated rings. The minimum atomic E-state index is -1.000. The summed E-state index contributed by atoms with van der Waals surface area (Å²) in [7, 11) is 0.432. The van der Waals surface area contributed by atoms with Crippen molar-refractivity contribution in [1.29, 1.82) is 0 Å². The first-order chi connectivity index (χ1) is 8.45. The second-order valence-electron chi connectivity index (χ2n) is 3.67. The first kappa shape index (κ1) is 14.4. The Balaban J connectivity index is 2.90. The van der Waals surface area contributed by atoms with E-state index in [0.717, 1.165) is 0 Å². The van der Waals surface area contributed by atoms with Crippen LogP contribution in [0, 0.1) is 10.1 Å². The molecule has 0 saturated heterocycles. The molecule has 1 N–H and O–H groups in total. The van der Waals surface area contributed by atoms with Gasteiger partial charge in [0.05, 0.1) is 12.0 Å². The van der Waals surface area contributed by atoms with Gasteiger partial charge in [0.1, 0.15) is 0 Å². The fourth-order valence-corrected chi connectivity index (χ4v) is 1.50. The van der Waals surface area contributed by atoms with Crippen molar-refractivity contribution in [3.63, 3.8) is 0 Å². The molecule has 0 amide bonds. The Bertz CT molecular complexity index is 466. The zero-order chi connectivity index (χ0) is 13.7. The van der Waals surface area contributed by atoms with Crippen LogP contribution in [0.2, 0.25) is 0 Å². The highest BCUT2D eigenvalue weighted by Gasteiger charge is 2.17. The van der Waals surface area contributed by atoms with Gasteiger partial charge < -0.3 is 10.1 Å². The molecular formula is C10H15N3O4S. The van der Waals surface area contributed by atoms with Crippen LogP contribution in [0.4, 0.5) is 11.5 Å². The highest BCUT2D eigenvalue weighted by Crippen LogP contribution is 2.24. The van der Waals surface area contributed by atoms with Gasteiger partial charge in [0.25, 0.3) is 0 Å². The van der Waals surface area contributed by atoms with E-state index in [1.807, 2.05) is 0 Å². The minimum absolute atomic E-state index is 0.122. The minimum Gasteiger partial charge on any atom is -0.481 e. The number of pyridine rings is 1. The molecule has 1 rings (SSSR count). The number of methoxy groups -OCH3 is 1. The molecule has 2 atom stereocenters. The van der Waals surface area contributed by atoms with Gasteiger partial charge in [0, 0.05) is 41.0 Å². The molecule has 0 aliphatic heterocycles. The first-order valence-electron chi connectivity index (χ1n) is 5.21. The van der Waals surface area contributed by atoms with Crippen LogP contribution in [0.25, 0.3) is 0 Å². The molecule has 7 nitrogen and oxygen atoms in total. The Morgan fingerprint density at radius 1 is 1.61 bits per heavy atom. The second-order valence-corrected chi connectivity index (χ2v) is 5.47. The highest BCUT2D eigenvalue weighted by atomic mass is 32.2. The molecule has 2 unspecified atom stereocenters. The van der Waals surface area contributed by atoms with Gasteiger partial charge in [-0.3, -0.25) is 14.3 Å². The van der Waals surface area contributed by atoms with Crippen LogP contribution in [0.1, 0.15) is 6.92 Å². The predicted octanol–water partition coefficient (Wildman–Crippen LogP) is 1.18. The molecule has 8 heteroatoms. The average molecular weight is 273 g/mol. The lowest BCUT2D eigenvalue weighted by Gasteiger charge is -2.11. The van der Waals surface area contributed by atoms with E-state index in [1.54, 1.807) is 13.2 Å². The second kappa shape index (κ2) is 6.29. The molecule has 1 aromatic rings. The van der Waals surface area contributed by atoms with Gasteiger partial charge in [0.2, 0.25) is 11.7 Å². The van der Waals surface area contributed by atoms with Crippen LogP contribution < -0.4 is 10.1 Å². The van der Waals surface area contributed by atoms with E-state index in [2.05, 4.69) is 10.3 Å². The van der Waals surface area contributed by atoms with Crippen molar-refractivity contribution < 1.29 is 13.9 Å². The Hall–Kier alpha value is -1.70. The monoisotopic (exact) mass is 273 g/mol. The lowest BCUT2D eigenvalue weighted by Crippen LogP contribution is -2.21. The number of rotatable bonds is 6. The molecular weight excluding hydrogens is 258 g/mol. The van der Waals surface area contributed by atoms with Crippen LogP contribution in [-0.4, -0.2) is 39.3 Å². The van der Waals surface area contributed by atoms with E-state index in [9.17, 15) is 14.3 Å². The SMILES string of the molecule is COc1ccc([N+](=O)[O-])c(NCC(C)S(C)=O)n1. The van der Waals surface area contributed by atoms with E-state index in [0.29, 0.717) is 6.54 Å². The fourth-order valence-electron chi connectivity index (χ4n) is 1.18. The zero-order valence-electron chi connectivity index (χ0n) is 10.4. The fraction of sp³-hybridized carbons (Fsp3) is 0.500. The third-order valence-corrected chi connectivity index (χ3v) is 3.68. The maximum absolute atomic E-state index is 11.2. The van der Waals surface area contributed by atoms with Gasteiger partial charge >= 0.3 is 5.69 Å². The topological polar surface area (TPSA) is 94.4 Å². The summed E-state index contributed by atoms with van der Waals surface area (Å²) >= 11 is 0. The van der Waals surface area contributed by atoms with Crippen LogP contribution in [0.5, 0.6) is 5.88 Å². The van der Waals surface area contributed by atoms with Gasteiger partial charge in [-0.25, -0.2) is 0 Å². The van der Waals surface area contributed by atoms with Crippen molar-refractivity contribution in [1.82, 2.24) is 4.98 Å². The number of aromatic nitrogens is 1. The van der Waals surface area contributed by atoms with Crippen molar-refractivity contribution in [2.45, 2.75) is 12.2 Å². The zero-order valence-corrected chi connectivity index (χ0v) is 11.2. The number of ether oxygens (including phenoxy) is 1. The van der Waals surface area contributed by atoms with Gasteiger partial charge in [-0.1, -0.05) is 0 Å². The lowest BCUT2D eigenvalue weighted by atomic mass is 10.3. The molecule has 18 heavy (non-hydrogen) atoms. The standard InChI is InChI=1S/C10H15N3O4S/c1-7(18(3)16)6-11-10-8(13(14)15)4-5-9(12-10)17-2/h4-5,7H,6H2,1-3H3,(H,11,12). The van der Waals surface area contributed by atoms with Gasteiger partial charge in [-0.2, -0.15) is 4.98 Å². The van der Waals surface area contributed by atoms with Crippen LogP contribution in [0.3, 0.4) is 0 Å². The molecule has 0 bridgehead atoms. The maximum Gasteiger partial charge on any atom is 0.311 e. The molecule has 1 aromatic heterocycles. The van der Waals surface area contributed by atoms with E-state index in [4.69, 9.17) is 4.74 Å². The van der Waals surface area contributed by atoms with Crippen molar-refractivity contribution in [2.24, 2.45) is 0 Å². The van der Waals surface area contributed by atoms with E-state index >= 15 is 0 Å². The van der Waals surface area contributed by atoms with E-state index in [-0.39, 0.29) is 22.6 Å². The van der Waals surface area contributed by atoms with Crippen molar-refractivity contribution >= 4 is 22.3 Å². The van der Waals surface area contributed by atoms with Crippen LogP contribution >= 0.6 is 0 Å². The molecule has 1 heterocycles. The van der Waals surface area contributed by atoms with Gasteiger partial charge in [-0.05, 0) is 6.92 Å². The Kier molecular flexibility index (Phi) is 5.02. The first-order valence-corrected chi connectivity index (χ1v) is 6.83. The highest BCUT2D eigenvalue weighted by molar-refractivity contribution is 7.84. The van der Waals surface area contributed by atoms with Gasteiger partial charge in [-0.15, -0.1) is 0 Å². The lowest BCUT2D eigenvalue weighted by molar-refractivity contribution is -0.384. The Morgan fingerprint density at radius 2 is 2.28 bits per heavy atom. The van der Waals surface area contributed by atoms with Crippen LogP contribution in [0.15, 0.2) is 12.1 Å². The molecule has 100 valence electrons. The van der Waals surface area contributed by atoms with Crippen molar-refractivity contribution in [3.05, 3.63) is 22.2 Å². The van der Waals surface area contributed by atoms with Gasteiger partial charge in [0.15, 0.2) is 0 Å². The van der Waals surface area contributed by atoms with E-state index in [1.165, 1.54) is 19.2 Å². The summed E-state index contributed by atoms with van der Waals surface area (Å²) < 4.78 is 16.1. The summed E-state index contributed by atoms with van der Waals surface area (Å²) in [6.45, 7) is 2.12. The maximum atomic E-state index is 11.2. The summed E-state index contributed by atoms with van der Waals surface area (Å²) in [6, 6.07) is 2.74. The number of hydrogen-bond acceptors (Lipinski definition) is 6.